The minimum atomic E-state index is -0.773. The molecule has 1 unspecified atom stereocenters. The van der Waals surface area contributed by atoms with Gasteiger partial charge < -0.3 is 19.7 Å². The van der Waals surface area contributed by atoms with Crippen molar-refractivity contribution in [3.05, 3.63) is 53.3 Å². The SMILES string of the molecule is COc1cc(C)c(C[NH+](C)CC(=O)NC(=O)Nc2ccccc2F)cc1OC. The molecule has 2 rings (SSSR count). The van der Waals surface area contributed by atoms with Gasteiger partial charge in [0, 0.05) is 5.56 Å². The summed E-state index contributed by atoms with van der Waals surface area (Å²) in [7, 11) is 4.98. The van der Waals surface area contributed by atoms with E-state index in [-0.39, 0.29) is 12.2 Å². The summed E-state index contributed by atoms with van der Waals surface area (Å²) < 4.78 is 24.1. The fraction of sp³-hybridized carbons (Fsp3) is 0.300. The van der Waals surface area contributed by atoms with Crippen molar-refractivity contribution in [1.82, 2.24) is 5.32 Å². The molecule has 2 aromatic rings. The van der Waals surface area contributed by atoms with Crippen LogP contribution in [0.4, 0.5) is 14.9 Å². The molecule has 0 spiro atoms. The third kappa shape index (κ3) is 5.68. The lowest BCUT2D eigenvalue weighted by atomic mass is 10.1. The van der Waals surface area contributed by atoms with Crippen molar-refractivity contribution in [2.24, 2.45) is 0 Å². The molecular formula is C20H25FN3O4+. The Balaban J connectivity index is 1.92. The number of imide groups is 1. The van der Waals surface area contributed by atoms with E-state index in [1.807, 2.05) is 26.1 Å². The lowest BCUT2D eigenvalue weighted by Crippen LogP contribution is -3.09. The summed E-state index contributed by atoms with van der Waals surface area (Å²) in [6.07, 6.45) is 0. The Hall–Kier alpha value is -3.13. The zero-order valence-corrected chi connectivity index (χ0v) is 16.4. The molecule has 0 aliphatic rings. The normalized spacial score (nSPS) is 11.5. The molecule has 1 atom stereocenters. The number of anilines is 1. The smallest absolute Gasteiger partial charge is 0.326 e. The molecule has 0 heterocycles. The molecule has 28 heavy (non-hydrogen) atoms. The quantitative estimate of drug-likeness (QED) is 0.670. The molecule has 0 saturated carbocycles. The summed E-state index contributed by atoms with van der Waals surface area (Å²) in [5, 5.41) is 4.52. The number of halogens is 1. The van der Waals surface area contributed by atoms with Crippen LogP contribution < -0.4 is 25.0 Å². The summed E-state index contributed by atoms with van der Waals surface area (Å²) in [6.45, 7) is 2.57. The lowest BCUT2D eigenvalue weighted by molar-refractivity contribution is -0.885. The van der Waals surface area contributed by atoms with Crippen molar-refractivity contribution in [3.63, 3.8) is 0 Å². The van der Waals surface area contributed by atoms with Gasteiger partial charge >= 0.3 is 6.03 Å². The van der Waals surface area contributed by atoms with Crippen molar-refractivity contribution in [2.75, 3.05) is 33.1 Å². The highest BCUT2D eigenvalue weighted by molar-refractivity contribution is 6.01. The molecule has 0 saturated heterocycles. The molecule has 8 heteroatoms. The van der Waals surface area contributed by atoms with Crippen LogP contribution in [0, 0.1) is 12.7 Å². The Morgan fingerprint density at radius 2 is 1.75 bits per heavy atom. The van der Waals surface area contributed by atoms with E-state index in [0.717, 1.165) is 16.0 Å². The van der Waals surface area contributed by atoms with Gasteiger partial charge in [0.25, 0.3) is 5.91 Å². The van der Waals surface area contributed by atoms with Crippen LogP contribution in [0.5, 0.6) is 11.5 Å². The second-order valence-corrected chi connectivity index (χ2v) is 6.43. The number of nitrogens with one attached hydrogen (secondary N) is 3. The number of rotatable bonds is 7. The topological polar surface area (TPSA) is 81.1 Å². The van der Waals surface area contributed by atoms with Crippen molar-refractivity contribution in [1.29, 1.82) is 0 Å². The number of para-hydroxylation sites is 1. The molecule has 0 bridgehead atoms. The predicted octanol–water partition coefficient (Wildman–Crippen LogP) is 1.51. The molecule has 0 aromatic heterocycles. The van der Waals surface area contributed by atoms with Gasteiger partial charge in [-0.25, -0.2) is 9.18 Å². The number of carbonyl (C=O) groups is 2. The highest BCUT2D eigenvalue weighted by atomic mass is 19.1. The second kappa shape index (κ2) is 9.70. The fourth-order valence-corrected chi connectivity index (χ4v) is 2.76. The summed E-state index contributed by atoms with van der Waals surface area (Å²) >= 11 is 0. The van der Waals surface area contributed by atoms with Gasteiger partial charge in [0.1, 0.15) is 12.4 Å². The van der Waals surface area contributed by atoms with Gasteiger partial charge in [-0.05, 0) is 36.8 Å². The van der Waals surface area contributed by atoms with Crippen molar-refractivity contribution in [3.8, 4) is 11.5 Å². The highest BCUT2D eigenvalue weighted by Crippen LogP contribution is 2.29. The number of amides is 3. The van der Waals surface area contributed by atoms with Crippen LogP contribution in [0.1, 0.15) is 11.1 Å². The van der Waals surface area contributed by atoms with Crippen LogP contribution in [0.2, 0.25) is 0 Å². The van der Waals surface area contributed by atoms with E-state index in [1.54, 1.807) is 20.3 Å². The minimum absolute atomic E-state index is 0.00875. The van der Waals surface area contributed by atoms with Gasteiger partial charge in [0.05, 0.1) is 27.0 Å². The summed E-state index contributed by atoms with van der Waals surface area (Å²) in [5.41, 5.74) is 2.02. The van der Waals surface area contributed by atoms with Gasteiger partial charge in [-0.1, -0.05) is 12.1 Å². The average Bonchev–Trinajstić information content (AvgIpc) is 2.64. The summed E-state index contributed by atoms with van der Waals surface area (Å²) in [6, 6.07) is 8.72. The van der Waals surface area contributed by atoms with Crippen LogP contribution in [0.25, 0.3) is 0 Å². The molecule has 150 valence electrons. The largest absolute Gasteiger partial charge is 0.493 e. The standard InChI is InChI=1S/C20H24FN3O4/c1-13-9-17(27-3)18(28-4)10-14(13)11-24(2)12-19(25)23-20(26)22-16-8-6-5-7-15(16)21/h5-10H,11-12H2,1-4H3,(H2,22,23,25,26)/p+1. The Kier molecular flexibility index (Phi) is 7.34. The van der Waals surface area contributed by atoms with E-state index >= 15 is 0 Å². The number of urea groups is 1. The number of likely N-dealkylation sites (N-methyl/N-ethyl adjacent to an activating group) is 1. The van der Waals surface area contributed by atoms with Crippen molar-refractivity contribution in [2.45, 2.75) is 13.5 Å². The van der Waals surface area contributed by atoms with Crippen LogP contribution >= 0.6 is 0 Å². The molecule has 0 fully saturated rings. The maximum atomic E-state index is 13.5. The second-order valence-electron chi connectivity index (χ2n) is 6.43. The molecule has 2 aromatic carbocycles. The molecule has 7 nitrogen and oxygen atoms in total. The number of quaternary nitrogens is 1. The molecule has 0 radical (unpaired) electrons. The number of hydrogen-bond acceptors (Lipinski definition) is 4. The Labute approximate surface area is 163 Å². The summed E-state index contributed by atoms with van der Waals surface area (Å²) in [5.74, 6) is 0.217. The number of benzene rings is 2. The highest BCUT2D eigenvalue weighted by Gasteiger charge is 2.17. The van der Waals surface area contributed by atoms with E-state index in [2.05, 4.69) is 10.6 Å². The number of methoxy groups -OCH3 is 2. The van der Waals surface area contributed by atoms with Gasteiger partial charge in [0.15, 0.2) is 18.0 Å². The van der Waals surface area contributed by atoms with E-state index < -0.39 is 17.8 Å². The number of carbonyl (C=O) groups excluding carboxylic acids is 2. The minimum Gasteiger partial charge on any atom is -0.493 e. The first-order valence-corrected chi connectivity index (χ1v) is 8.72. The van der Waals surface area contributed by atoms with Crippen LogP contribution in [-0.2, 0) is 11.3 Å². The number of ether oxygens (including phenoxy) is 2. The molecule has 0 aliphatic carbocycles. The van der Waals surface area contributed by atoms with Gasteiger partial charge in [-0.3, -0.25) is 10.1 Å². The zero-order chi connectivity index (χ0) is 20.7. The van der Waals surface area contributed by atoms with Gasteiger partial charge in [-0.2, -0.15) is 0 Å². The van der Waals surface area contributed by atoms with Crippen LogP contribution in [0.3, 0.4) is 0 Å². The van der Waals surface area contributed by atoms with E-state index in [0.29, 0.717) is 18.0 Å². The molecule has 0 aliphatic heterocycles. The monoisotopic (exact) mass is 390 g/mol. The maximum absolute atomic E-state index is 13.5. The van der Waals surface area contributed by atoms with Crippen LogP contribution in [0.15, 0.2) is 36.4 Å². The Morgan fingerprint density at radius 1 is 1.11 bits per heavy atom. The third-order valence-corrected chi connectivity index (χ3v) is 4.17. The van der Waals surface area contributed by atoms with Gasteiger partial charge in [0.2, 0.25) is 0 Å². The zero-order valence-electron chi connectivity index (χ0n) is 16.4. The number of hydrogen-bond donors (Lipinski definition) is 3. The van der Waals surface area contributed by atoms with E-state index in [1.165, 1.54) is 18.2 Å². The Morgan fingerprint density at radius 3 is 2.39 bits per heavy atom. The summed E-state index contributed by atoms with van der Waals surface area (Å²) in [4.78, 5) is 24.8. The number of aryl methyl sites for hydroxylation is 1. The first kappa shape index (κ1) is 21.2. The molecule has 3 amide bonds. The average molecular weight is 390 g/mol. The van der Waals surface area contributed by atoms with E-state index in [9.17, 15) is 14.0 Å². The third-order valence-electron chi connectivity index (χ3n) is 4.17. The van der Waals surface area contributed by atoms with Crippen LogP contribution in [-0.4, -0.2) is 39.8 Å². The Bertz CT molecular complexity index is 857. The maximum Gasteiger partial charge on any atom is 0.326 e. The van der Waals surface area contributed by atoms with Gasteiger partial charge in [-0.15, -0.1) is 0 Å². The fourth-order valence-electron chi connectivity index (χ4n) is 2.76. The molecule has 3 N–H and O–H groups in total. The van der Waals surface area contributed by atoms with Crippen molar-refractivity contribution < 1.29 is 28.4 Å². The van der Waals surface area contributed by atoms with E-state index in [4.69, 9.17) is 9.47 Å². The lowest BCUT2D eigenvalue weighted by Gasteiger charge is -2.17. The first-order valence-electron chi connectivity index (χ1n) is 8.72. The predicted molar refractivity (Wildman–Crippen MR) is 103 cm³/mol. The van der Waals surface area contributed by atoms with Crippen molar-refractivity contribution >= 4 is 17.6 Å². The molecular weight excluding hydrogens is 365 g/mol. The first-order chi connectivity index (χ1) is 13.3.